The van der Waals surface area contributed by atoms with Gasteiger partial charge in [-0.1, -0.05) is 47.1 Å². The smallest absolute Gasteiger partial charge is 0.325 e. The molecule has 0 aliphatic carbocycles. The van der Waals surface area contributed by atoms with E-state index in [0.29, 0.717) is 28.0 Å². The quantitative estimate of drug-likeness (QED) is 0.458. The van der Waals surface area contributed by atoms with Crippen molar-refractivity contribution in [3.05, 3.63) is 58.9 Å². The van der Waals surface area contributed by atoms with Gasteiger partial charge in [-0.25, -0.2) is 4.79 Å². The molecule has 0 aliphatic rings. The van der Waals surface area contributed by atoms with E-state index in [1.54, 1.807) is 19.9 Å². The van der Waals surface area contributed by atoms with E-state index in [1.807, 2.05) is 36.4 Å². The fourth-order valence-corrected chi connectivity index (χ4v) is 3.16. The highest BCUT2D eigenvalue weighted by molar-refractivity contribution is 6.34. The molecular weight excluding hydrogens is 366 g/mol. The molecule has 0 unspecified atom stereocenters. The number of hydrogen-bond donors (Lipinski definition) is 3. The van der Waals surface area contributed by atoms with Crippen molar-refractivity contribution in [3.63, 3.8) is 0 Å². The monoisotopic (exact) mass is 381 g/mol. The zero-order valence-corrected chi connectivity index (χ0v) is 15.4. The Morgan fingerprint density at radius 1 is 1.15 bits per heavy atom. The molecule has 2 aromatic heterocycles. The van der Waals surface area contributed by atoms with Crippen LogP contribution in [-0.4, -0.2) is 21.4 Å². The number of nitrogens with one attached hydrogen (secondary N) is 3. The number of urea groups is 1. The fraction of sp³-hybridized carbons (Fsp3) is 0.105. The van der Waals surface area contributed by atoms with Gasteiger partial charge in [-0.15, -0.1) is 0 Å². The van der Waals surface area contributed by atoms with Crippen LogP contribution in [0.2, 0.25) is 5.02 Å². The van der Waals surface area contributed by atoms with Crippen LogP contribution < -0.4 is 10.6 Å². The average molecular weight is 382 g/mol. The van der Waals surface area contributed by atoms with Gasteiger partial charge in [-0.2, -0.15) is 5.10 Å². The molecule has 4 aromatic rings. The predicted molar refractivity (Wildman–Crippen MR) is 105 cm³/mol. The molecule has 0 atom stereocenters. The Balaban J connectivity index is 1.65. The molecule has 136 valence electrons. The van der Waals surface area contributed by atoms with Crippen molar-refractivity contribution in [2.45, 2.75) is 13.8 Å². The normalized spacial score (nSPS) is 10.9. The Morgan fingerprint density at radius 3 is 2.63 bits per heavy atom. The molecule has 0 aliphatic heterocycles. The third-order valence-corrected chi connectivity index (χ3v) is 4.55. The number of hydrogen-bond acceptors (Lipinski definition) is 4. The molecule has 3 N–H and O–H groups in total. The van der Waals surface area contributed by atoms with Gasteiger partial charge in [0.15, 0.2) is 11.6 Å². The highest BCUT2D eigenvalue weighted by Gasteiger charge is 2.16. The van der Waals surface area contributed by atoms with Gasteiger partial charge in [0.1, 0.15) is 11.4 Å². The van der Waals surface area contributed by atoms with Gasteiger partial charge in [-0.05, 0) is 31.5 Å². The summed E-state index contributed by atoms with van der Waals surface area (Å²) in [6.45, 7) is 3.48. The topological polar surface area (TPSA) is 95.8 Å². The summed E-state index contributed by atoms with van der Waals surface area (Å²) in [4.78, 5) is 12.4. The van der Waals surface area contributed by atoms with Gasteiger partial charge in [0.25, 0.3) is 0 Å². The number of carbonyl (C=O) groups is 1. The summed E-state index contributed by atoms with van der Waals surface area (Å²) < 4.78 is 5.05. The summed E-state index contributed by atoms with van der Waals surface area (Å²) in [7, 11) is 0. The lowest BCUT2D eigenvalue weighted by Crippen LogP contribution is -2.20. The van der Waals surface area contributed by atoms with Gasteiger partial charge >= 0.3 is 6.03 Å². The lowest BCUT2D eigenvalue weighted by Gasteiger charge is -2.07. The van der Waals surface area contributed by atoms with Crippen LogP contribution in [0.15, 0.2) is 47.0 Å². The number of rotatable bonds is 3. The van der Waals surface area contributed by atoms with Gasteiger partial charge in [0.2, 0.25) is 0 Å². The third-order valence-electron chi connectivity index (χ3n) is 4.24. The second kappa shape index (κ2) is 6.77. The van der Waals surface area contributed by atoms with Crippen molar-refractivity contribution in [1.29, 1.82) is 0 Å². The summed E-state index contributed by atoms with van der Waals surface area (Å²) in [6.07, 6.45) is 0. The first-order valence-electron chi connectivity index (χ1n) is 8.27. The van der Waals surface area contributed by atoms with Gasteiger partial charge < -0.3 is 9.84 Å². The molecule has 7 nitrogen and oxygen atoms in total. The second-order valence-electron chi connectivity index (χ2n) is 6.09. The number of aryl methyl sites for hydroxylation is 2. The Labute approximate surface area is 159 Å². The maximum Gasteiger partial charge on any atom is 0.325 e. The third kappa shape index (κ3) is 3.24. The van der Waals surface area contributed by atoms with Crippen molar-refractivity contribution in [2.24, 2.45) is 0 Å². The Hall–Kier alpha value is -3.32. The average Bonchev–Trinajstić information content (AvgIpc) is 3.19. The first-order chi connectivity index (χ1) is 13.0. The van der Waals surface area contributed by atoms with E-state index < -0.39 is 6.03 Å². The number of amides is 2. The van der Waals surface area contributed by atoms with Crippen LogP contribution in [-0.2, 0) is 0 Å². The van der Waals surface area contributed by atoms with Crippen LogP contribution in [0.4, 0.5) is 16.3 Å². The lowest BCUT2D eigenvalue weighted by atomic mass is 10.0. The van der Waals surface area contributed by atoms with Crippen molar-refractivity contribution < 1.29 is 9.32 Å². The number of halogens is 1. The zero-order valence-electron chi connectivity index (χ0n) is 14.6. The number of anilines is 2. The van der Waals surface area contributed by atoms with Crippen LogP contribution in [0.3, 0.4) is 0 Å². The van der Waals surface area contributed by atoms with Crippen LogP contribution in [0.25, 0.3) is 22.0 Å². The molecule has 0 fully saturated rings. The number of fused-ring (bicyclic) bond motifs is 1. The molecule has 0 saturated heterocycles. The maximum absolute atomic E-state index is 12.4. The van der Waals surface area contributed by atoms with Crippen LogP contribution in [0.5, 0.6) is 0 Å². The summed E-state index contributed by atoms with van der Waals surface area (Å²) >= 11 is 6.42. The van der Waals surface area contributed by atoms with Crippen molar-refractivity contribution in [1.82, 2.24) is 15.4 Å². The van der Waals surface area contributed by atoms with E-state index in [0.717, 1.165) is 22.0 Å². The number of carbonyl (C=O) groups excluding carboxylic acids is 1. The van der Waals surface area contributed by atoms with Crippen LogP contribution in [0.1, 0.15) is 11.5 Å². The SMILES string of the molecule is Cc1noc(C)c1NC(=O)Nc1n[nH]c2cc(Cl)c(-c3ccccc3)cc12. The van der Waals surface area contributed by atoms with Crippen molar-refractivity contribution >= 4 is 40.0 Å². The van der Waals surface area contributed by atoms with Crippen LogP contribution >= 0.6 is 11.6 Å². The minimum absolute atomic E-state index is 0.406. The molecular formula is C19H16ClN5O2. The number of H-pyrrole nitrogens is 1. The molecule has 27 heavy (non-hydrogen) atoms. The largest absolute Gasteiger partial charge is 0.359 e. The summed E-state index contributed by atoms with van der Waals surface area (Å²) in [5.41, 5.74) is 3.72. The summed E-state index contributed by atoms with van der Waals surface area (Å²) in [6, 6.07) is 13.1. The molecule has 2 heterocycles. The van der Waals surface area contributed by atoms with Crippen LogP contribution in [0, 0.1) is 13.8 Å². The molecule has 0 bridgehead atoms. The number of nitrogens with zero attached hydrogens (tertiary/aromatic N) is 2. The molecule has 0 spiro atoms. The molecule has 8 heteroatoms. The minimum Gasteiger partial charge on any atom is -0.359 e. The van der Waals surface area contributed by atoms with Gasteiger partial charge in [-0.3, -0.25) is 10.4 Å². The number of aromatic amines is 1. The van der Waals surface area contributed by atoms with E-state index in [9.17, 15) is 4.79 Å². The van der Waals surface area contributed by atoms with E-state index in [1.165, 1.54) is 0 Å². The number of aromatic nitrogens is 3. The fourth-order valence-electron chi connectivity index (χ4n) is 2.89. The van der Waals surface area contributed by atoms with E-state index >= 15 is 0 Å². The Bertz CT molecular complexity index is 1110. The minimum atomic E-state index is -0.436. The summed E-state index contributed by atoms with van der Waals surface area (Å²) in [5, 5.41) is 17.7. The Kier molecular flexibility index (Phi) is 4.29. The standard InChI is InChI=1S/C19H16ClN5O2/c1-10-17(11(2)27-25-10)21-19(26)22-18-14-8-13(12-6-4-3-5-7-12)15(20)9-16(14)23-24-18/h3-9H,1-2H3,(H3,21,22,23,24,26). The number of benzene rings is 2. The van der Waals surface area contributed by atoms with Crippen molar-refractivity contribution in [2.75, 3.05) is 10.6 Å². The van der Waals surface area contributed by atoms with E-state index in [2.05, 4.69) is 26.0 Å². The highest BCUT2D eigenvalue weighted by Crippen LogP contribution is 2.34. The van der Waals surface area contributed by atoms with Gasteiger partial charge in [0, 0.05) is 10.9 Å². The Morgan fingerprint density at radius 2 is 1.93 bits per heavy atom. The molecule has 2 amide bonds. The predicted octanol–water partition coefficient (Wildman–Crippen LogP) is 5.13. The van der Waals surface area contributed by atoms with E-state index in [-0.39, 0.29) is 0 Å². The molecule has 2 aromatic carbocycles. The molecule has 4 rings (SSSR count). The maximum atomic E-state index is 12.4. The molecule has 0 radical (unpaired) electrons. The first-order valence-corrected chi connectivity index (χ1v) is 8.64. The van der Waals surface area contributed by atoms with Crippen molar-refractivity contribution in [3.8, 4) is 11.1 Å². The van der Waals surface area contributed by atoms with Gasteiger partial charge in [0.05, 0.1) is 10.5 Å². The summed E-state index contributed by atoms with van der Waals surface area (Å²) in [5.74, 6) is 0.941. The lowest BCUT2D eigenvalue weighted by molar-refractivity contribution is 0.262. The highest BCUT2D eigenvalue weighted by atomic mass is 35.5. The second-order valence-corrected chi connectivity index (χ2v) is 6.50. The first kappa shape index (κ1) is 17.1. The van der Waals surface area contributed by atoms with E-state index in [4.69, 9.17) is 16.1 Å². The zero-order chi connectivity index (χ0) is 19.0. The molecule has 0 saturated carbocycles.